The van der Waals surface area contributed by atoms with Crippen LogP contribution in [-0.4, -0.2) is 39.3 Å². The van der Waals surface area contributed by atoms with Crippen LogP contribution < -0.4 is 0 Å². The van der Waals surface area contributed by atoms with E-state index in [1.165, 1.54) is 0 Å². The zero-order chi connectivity index (χ0) is 9.97. The number of aromatic nitrogens is 2. The van der Waals surface area contributed by atoms with E-state index >= 15 is 0 Å². The summed E-state index contributed by atoms with van der Waals surface area (Å²) in [5.41, 5.74) is 0. The minimum absolute atomic E-state index is 0.317. The van der Waals surface area contributed by atoms with Crippen LogP contribution in [-0.2, 0) is 13.6 Å². The van der Waals surface area contributed by atoms with Crippen LogP contribution >= 0.6 is 0 Å². The Bertz CT molecular complexity index is 297. The van der Waals surface area contributed by atoms with Crippen molar-refractivity contribution in [2.24, 2.45) is 13.0 Å². The first-order valence-corrected chi connectivity index (χ1v) is 5.09. The summed E-state index contributed by atoms with van der Waals surface area (Å²) < 4.78 is 2.05. The van der Waals surface area contributed by atoms with Crippen molar-refractivity contribution < 1.29 is 5.11 Å². The summed E-state index contributed by atoms with van der Waals surface area (Å²) in [6.45, 7) is 3.30. The van der Waals surface area contributed by atoms with Gasteiger partial charge in [-0.2, -0.15) is 0 Å². The highest BCUT2D eigenvalue weighted by Gasteiger charge is 2.22. The molecule has 14 heavy (non-hydrogen) atoms. The Balaban J connectivity index is 1.90. The molecule has 1 aromatic rings. The molecule has 4 nitrogen and oxygen atoms in total. The summed E-state index contributed by atoms with van der Waals surface area (Å²) in [6.07, 6.45) is 4.91. The normalized spacial score (nSPS) is 23.1. The summed E-state index contributed by atoms with van der Waals surface area (Å²) in [7, 11) is 2.02. The molecule has 1 aliphatic heterocycles. The Morgan fingerprint density at radius 1 is 1.64 bits per heavy atom. The number of rotatable bonds is 3. The molecule has 4 heteroatoms. The fourth-order valence-corrected chi connectivity index (χ4v) is 1.95. The van der Waals surface area contributed by atoms with Crippen molar-refractivity contribution in [3.8, 4) is 0 Å². The average Bonchev–Trinajstić information content (AvgIpc) is 2.77. The predicted octanol–water partition coefficient (Wildman–Crippen LogP) is 0.234. The second-order valence-electron chi connectivity index (χ2n) is 4.03. The molecule has 0 radical (unpaired) electrons. The van der Waals surface area contributed by atoms with Crippen molar-refractivity contribution in [3.63, 3.8) is 0 Å². The molecule has 1 fully saturated rings. The lowest BCUT2D eigenvalue weighted by atomic mass is 10.1. The van der Waals surface area contributed by atoms with E-state index in [-0.39, 0.29) is 0 Å². The molecule has 1 N–H and O–H groups in total. The summed E-state index contributed by atoms with van der Waals surface area (Å²) >= 11 is 0. The molecule has 0 saturated carbocycles. The van der Waals surface area contributed by atoms with Crippen molar-refractivity contribution in [1.82, 2.24) is 14.5 Å². The zero-order valence-corrected chi connectivity index (χ0v) is 8.56. The maximum absolute atomic E-state index is 9.02. The van der Waals surface area contributed by atoms with E-state index in [0.29, 0.717) is 12.5 Å². The number of aliphatic hydroxyl groups excluding tert-OH is 1. The molecular weight excluding hydrogens is 178 g/mol. The van der Waals surface area contributed by atoms with Gasteiger partial charge in [0.1, 0.15) is 5.82 Å². The van der Waals surface area contributed by atoms with E-state index in [1.807, 2.05) is 24.0 Å². The fourth-order valence-electron chi connectivity index (χ4n) is 1.95. The second-order valence-corrected chi connectivity index (χ2v) is 4.03. The van der Waals surface area contributed by atoms with Crippen LogP contribution in [0.1, 0.15) is 12.2 Å². The molecule has 1 aromatic heterocycles. The smallest absolute Gasteiger partial charge is 0.122 e. The van der Waals surface area contributed by atoms with Gasteiger partial charge in [0.05, 0.1) is 6.54 Å². The highest BCUT2D eigenvalue weighted by molar-refractivity contribution is 4.92. The molecule has 1 unspecified atom stereocenters. The summed E-state index contributed by atoms with van der Waals surface area (Å²) in [5.74, 6) is 1.57. The maximum atomic E-state index is 9.02. The second kappa shape index (κ2) is 4.11. The molecule has 2 heterocycles. The number of hydrogen-bond donors (Lipinski definition) is 1. The molecule has 1 aliphatic rings. The van der Waals surface area contributed by atoms with Gasteiger partial charge in [-0.1, -0.05) is 0 Å². The van der Waals surface area contributed by atoms with Crippen LogP contribution in [0.5, 0.6) is 0 Å². The van der Waals surface area contributed by atoms with Crippen molar-refractivity contribution >= 4 is 0 Å². The summed E-state index contributed by atoms with van der Waals surface area (Å²) in [5, 5.41) is 9.02. The monoisotopic (exact) mass is 195 g/mol. The quantitative estimate of drug-likeness (QED) is 0.751. The minimum atomic E-state index is 0.317. The lowest BCUT2D eigenvalue weighted by molar-refractivity contribution is 0.218. The summed E-state index contributed by atoms with van der Waals surface area (Å²) in [4.78, 5) is 6.64. The molecule has 0 bridgehead atoms. The molecular formula is C10H17N3O. The first-order valence-electron chi connectivity index (χ1n) is 5.09. The van der Waals surface area contributed by atoms with E-state index in [0.717, 1.165) is 31.9 Å². The van der Waals surface area contributed by atoms with E-state index in [2.05, 4.69) is 9.88 Å². The van der Waals surface area contributed by atoms with Gasteiger partial charge in [0, 0.05) is 32.6 Å². The maximum Gasteiger partial charge on any atom is 0.122 e. The average molecular weight is 195 g/mol. The lowest BCUT2D eigenvalue weighted by Crippen LogP contribution is -2.22. The fraction of sp³-hybridized carbons (Fsp3) is 0.700. The Labute approximate surface area is 84.2 Å². The standard InChI is InChI=1S/C10H17N3O/c1-12-5-3-11-10(12)7-13-4-2-9(6-13)8-14/h3,5,9,14H,2,4,6-8H2,1H3. The first-order chi connectivity index (χ1) is 6.79. The molecule has 1 saturated heterocycles. The third kappa shape index (κ3) is 1.96. The van der Waals surface area contributed by atoms with Crippen LogP contribution in [0.4, 0.5) is 0 Å². The molecule has 78 valence electrons. The molecule has 0 spiro atoms. The highest BCUT2D eigenvalue weighted by Crippen LogP contribution is 2.17. The zero-order valence-electron chi connectivity index (χ0n) is 8.56. The SMILES string of the molecule is Cn1ccnc1CN1CCC(CO)C1. The van der Waals surface area contributed by atoms with Gasteiger partial charge in [-0.05, 0) is 18.9 Å². The van der Waals surface area contributed by atoms with Gasteiger partial charge in [-0.3, -0.25) is 4.90 Å². The van der Waals surface area contributed by atoms with Crippen LogP contribution in [0.3, 0.4) is 0 Å². The van der Waals surface area contributed by atoms with E-state index in [4.69, 9.17) is 5.11 Å². The number of nitrogens with zero attached hydrogens (tertiary/aromatic N) is 3. The van der Waals surface area contributed by atoms with Crippen molar-refractivity contribution in [1.29, 1.82) is 0 Å². The van der Waals surface area contributed by atoms with Gasteiger partial charge < -0.3 is 9.67 Å². The predicted molar refractivity (Wildman–Crippen MR) is 53.7 cm³/mol. The van der Waals surface area contributed by atoms with Gasteiger partial charge in [0.25, 0.3) is 0 Å². The van der Waals surface area contributed by atoms with Gasteiger partial charge in [-0.15, -0.1) is 0 Å². The molecule has 0 aromatic carbocycles. The van der Waals surface area contributed by atoms with Gasteiger partial charge in [-0.25, -0.2) is 4.98 Å². The van der Waals surface area contributed by atoms with Crippen molar-refractivity contribution in [2.45, 2.75) is 13.0 Å². The number of hydrogen-bond acceptors (Lipinski definition) is 3. The minimum Gasteiger partial charge on any atom is -0.396 e. The first kappa shape index (κ1) is 9.68. The molecule has 0 amide bonds. The Kier molecular flexibility index (Phi) is 2.84. The third-order valence-electron chi connectivity index (χ3n) is 2.91. The number of likely N-dealkylation sites (tertiary alicyclic amines) is 1. The lowest BCUT2D eigenvalue weighted by Gasteiger charge is -2.14. The number of aliphatic hydroxyl groups is 1. The van der Waals surface area contributed by atoms with Crippen molar-refractivity contribution in [2.75, 3.05) is 19.7 Å². The van der Waals surface area contributed by atoms with E-state index < -0.39 is 0 Å². The van der Waals surface area contributed by atoms with Crippen LogP contribution in [0.15, 0.2) is 12.4 Å². The number of aryl methyl sites for hydroxylation is 1. The van der Waals surface area contributed by atoms with E-state index in [1.54, 1.807) is 0 Å². The topological polar surface area (TPSA) is 41.3 Å². The van der Waals surface area contributed by atoms with Crippen LogP contribution in [0, 0.1) is 5.92 Å². The summed E-state index contributed by atoms with van der Waals surface area (Å²) in [6, 6.07) is 0. The van der Waals surface area contributed by atoms with Crippen LogP contribution in [0.25, 0.3) is 0 Å². The largest absolute Gasteiger partial charge is 0.396 e. The van der Waals surface area contributed by atoms with Crippen LogP contribution in [0.2, 0.25) is 0 Å². The Hall–Kier alpha value is -0.870. The third-order valence-corrected chi connectivity index (χ3v) is 2.91. The Morgan fingerprint density at radius 2 is 2.50 bits per heavy atom. The van der Waals surface area contributed by atoms with Gasteiger partial charge in [0.15, 0.2) is 0 Å². The molecule has 2 rings (SSSR count). The number of imidazole rings is 1. The van der Waals surface area contributed by atoms with E-state index in [9.17, 15) is 0 Å². The van der Waals surface area contributed by atoms with Gasteiger partial charge >= 0.3 is 0 Å². The van der Waals surface area contributed by atoms with Crippen molar-refractivity contribution in [3.05, 3.63) is 18.2 Å². The highest BCUT2D eigenvalue weighted by atomic mass is 16.3. The molecule has 0 aliphatic carbocycles. The van der Waals surface area contributed by atoms with Gasteiger partial charge in [0.2, 0.25) is 0 Å². The Morgan fingerprint density at radius 3 is 3.07 bits per heavy atom. The molecule has 1 atom stereocenters.